The molecule has 6 nitrogen and oxygen atoms in total. The molecule has 0 aliphatic heterocycles. The Morgan fingerprint density at radius 2 is 1.87 bits per heavy atom. The van der Waals surface area contributed by atoms with Crippen molar-refractivity contribution in [1.82, 2.24) is 14.5 Å². The molecule has 8 heteroatoms. The number of methoxy groups -OCH3 is 1. The van der Waals surface area contributed by atoms with E-state index >= 15 is 0 Å². The van der Waals surface area contributed by atoms with Crippen LogP contribution in [0.15, 0.2) is 52.4 Å². The van der Waals surface area contributed by atoms with E-state index < -0.39 is 0 Å². The summed E-state index contributed by atoms with van der Waals surface area (Å²) < 4.78 is 8.01. The Morgan fingerprint density at radius 1 is 1.16 bits per heavy atom. The Hall–Kier alpha value is -2.07. The van der Waals surface area contributed by atoms with Gasteiger partial charge in [-0.25, -0.2) is 4.98 Å². The highest BCUT2D eigenvalue weighted by molar-refractivity contribution is 14.1. The predicted molar refractivity (Wildman–Crippen MR) is 134 cm³/mol. The molecule has 0 unspecified atom stereocenters. The molecule has 164 valence electrons. The molecule has 0 fully saturated rings. The maximum atomic E-state index is 13.5. The number of hydrogen-bond donors (Lipinski definition) is 0. The Labute approximate surface area is 200 Å². The lowest BCUT2D eigenvalue weighted by molar-refractivity contribution is -0.128. The number of carbonyl (C=O) groups is 1. The van der Waals surface area contributed by atoms with E-state index in [0.29, 0.717) is 27.5 Å². The third-order valence-corrected chi connectivity index (χ3v) is 6.38. The van der Waals surface area contributed by atoms with Crippen molar-refractivity contribution in [3.8, 4) is 11.4 Å². The molecule has 0 saturated carbocycles. The molecule has 1 aromatic heterocycles. The minimum absolute atomic E-state index is 0.0530. The molecule has 0 aliphatic carbocycles. The molecule has 3 rings (SSSR count). The fourth-order valence-electron chi connectivity index (χ4n) is 3.38. The van der Waals surface area contributed by atoms with Crippen LogP contribution in [0.1, 0.15) is 26.7 Å². The van der Waals surface area contributed by atoms with Gasteiger partial charge in [-0.05, 0) is 65.8 Å². The van der Waals surface area contributed by atoms with E-state index in [0.717, 1.165) is 29.5 Å². The molecule has 0 spiro atoms. The maximum Gasteiger partial charge on any atom is 0.266 e. The van der Waals surface area contributed by atoms with Crippen LogP contribution in [0, 0.1) is 3.57 Å². The quantitative estimate of drug-likeness (QED) is 0.219. The van der Waals surface area contributed by atoms with E-state index in [1.807, 2.05) is 47.4 Å². The molecule has 2 aromatic carbocycles. The molecule has 31 heavy (non-hydrogen) atoms. The Bertz CT molecular complexity index is 1130. The van der Waals surface area contributed by atoms with Gasteiger partial charge in [0, 0.05) is 16.7 Å². The highest BCUT2D eigenvalue weighted by Crippen LogP contribution is 2.27. The summed E-state index contributed by atoms with van der Waals surface area (Å²) in [5, 5.41) is 1.01. The summed E-state index contributed by atoms with van der Waals surface area (Å²) in [5.41, 5.74) is 1.05. The van der Waals surface area contributed by atoms with Gasteiger partial charge in [-0.1, -0.05) is 37.7 Å². The summed E-state index contributed by atoms with van der Waals surface area (Å²) in [4.78, 5) is 33.0. The number of halogens is 1. The van der Waals surface area contributed by atoms with Gasteiger partial charge in [0.25, 0.3) is 5.56 Å². The van der Waals surface area contributed by atoms with Crippen molar-refractivity contribution in [2.24, 2.45) is 0 Å². The monoisotopic (exact) mass is 551 g/mol. The van der Waals surface area contributed by atoms with Crippen LogP contribution in [0.4, 0.5) is 0 Å². The molecule has 3 aromatic rings. The standard InChI is InChI=1S/C23H26IN3O3S/c1-4-12-26(13-5-2)21(28)15-31-23-25-18-11-10-16(24)14-17(18)22(29)27(23)19-8-6-7-9-20(19)30-3/h6-11,14H,4-5,12-13,15H2,1-3H3. The molecular formula is C23H26IN3O3S. The smallest absolute Gasteiger partial charge is 0.266 e. The maximum absolute atomic E-state index is 13.5. The van der Waals surface area contributed by atoms with Gasteiger partial charge in [-0.2, -0.15) is 0 Å². The zero-order valence-electron chi connectivity index (χ0n) is 17.9. The van der Waals surface area contributed by atoms with Crippen molar-refractivity contribution >= 4 is 51.2 Å². The Kier molecular flexibility index (Phi) is 8.36. The molecule has 0 saturated heterocycles. The largest absolute Gasteiger partial charge is 0.495 e. The zero-order chi connectivity index (χ0) is 22.4. The van der Waals surface area contributed by atoms with Crippen LogP contribution in [-0.2, 0) is 4.79 Å². The number of fused-ring (bicyclic) bond motifs is 1. The molecule has 0 N–H and O–H groups in total. The van der Waals surface area contributed by atoms with Crippen LogP contribution in [0.2, 0.25) is 0 Å². The molecule has 0 aliphatic rings. The summed E-state index contributed by atoms with van der Waals surface area (Å²) >= 11 is 3.47. The summed E-state index contributed by atoms with van der Waals surface area (Å²) in [6.45, 7) is 5.59. The van der Waals surface area contributed by atoms with E-state index in [1.165, 1.54) is 11.8 Å². The zero-order valence-corrected chi connectivity index (χ0v) is 20.9. The molecule has 1 heterocycles. The minimum atomic E-state index is -0.179. The highest BCUT2D eigenvalue weighted by atomic mass is 127. The number of rotatable bonds is 9. The van der Waals surface area contributed by atoms with Gasteiger partial charge in [-0.15, -0.1) is 0 Å². The normalized spacial score (nSPS) is 11.0. The number of hydrogen-bond acceptors (Lipinski definition) is 5. The highest BCUT2D eigenvalue weighted by Gasteiger charge is 2.19. The second-order valence-electron chi connectivity index (χ2n) is 7.04. The number of para-hydroxylation sites is 2. The van der Waals surface area contributed by atoms with Crippen LogP contribution in [0.5, 0.6) is 5.75 Å². The first kappa shape index (κ1) is 23.6. The van der Waals surface area contributed by atoms with E-state index in [4.69, 9.17) is 9.72 Å². The molecule has 0 bridgehead atoms. The van der Waals surface area contributed by atoms with Crippen LogP contribution >= 0.6 is 34.4 Å². The van der Waals surface area contributed by atoms with Crippen molar-refractivity contribution in [3.05, 3.63) is 56.4 Å². The van der Waals surface area contributed by atoms with Gasteiger partial charge in [0.2, 0.25) is 5.91 Å². The second kappa shape index (κ2) is 11.0. The fourth-order valence-corrected chi connectivity index (χ4v) is 4.78. The van der Waals surface area contributed by atoms with Gasteiger partial charge in [0.1, 0.15) is 5.75 Å². The first-order valence-corrected chi connectivity index (χ1v) is 12.3. The van der Waals surface area contributed by atoms with E-state index in [1.54, 1.807) is 11.7 Å². The topological polar surface area (TPSA) is 64.4 Å². The van der Waals surface area contributed by atoms with Crippen molar-refractivity contribution < 1.29 is 9.53 Å². The van der Waals surface area contributed by atoms with Crippen LogP contribution in [0.25, 0.3) is 16.6 Å². The first-order valence-electron chi connectivity index (χ1n) is 10.3. The molecule has 0 radical (unpaired) electrons. The van der Waals surface area contributed by atoms with E-state index in [9.17, 15) is 9.59 Å². The fraction of sp³-hybridized carbons (Fsp3) is 0.348. The second-order valence-corrected chi connectivity index (χ2v) is 9.23. The SMILES string of the molecule is CCCN(CCC)C(=O)CSc1nc2ccc(I)cc2c(=O)n1-c1ccccc1OC. The van der Waals surface area contributed by atoms with Crippen LogP contribution in [-0.4, -0.2) is 46.3 Å². The average molecular weight is 551 g/mol. The number of ether oxygens (including phenoxy) is 1. The third-order valence-electron chi connectivity index (χ3n) is 4.79. The Morgan fingerprint density at radius 3 is 2.55 bits per heavy atom. The van der Waals surface area contributed by atoms with Crippen LogP contribution < -0.4 is 10.3 Å². The number of benzene rings is 2. The van der Waals surface area contributed by atoms with Gasteiger partial charge in [-0.3, -0.25) is 14.2 Å². The van der Waals surface area contributed by atoms with Crippen molar-refractivity contribution in [2.45, 2.75) is 31.8 Å². The van der Waals surface area contributed by atoms with E-state index in [-0.39, 0.29) is 17.2 Å². The predicted octanol–water partition coefficient (Wildman–Crippen LogP) is 4.74. The van der Waals surface area contributed by atoms with Gasteiger partial charge in [0.15, 0.2) is 5.16 Å². The number of thioether (sulfide) groups is 1. The van der Waals surface area contributed by atoms with Crippen molar-refractivity contribution in [3.63, 3.8) is 0 Å². The summed E-state index contributed by atoms with van der Waals surface area (Å²) in [7, 11) is 1.57. The van der Waals surface area contributed by atoms with Gasteiger partial charge in [0.05, 0.1) is 29.5 Å². The van der Waals surface area contributed by atoms with Gasteiger partial charge >= 0.3 is 0 Å². The summed E-state index contributed by atoms with van der Waals surface area (Å²) in [6.07, 6.45) is 1.82. The summed E-state index contributed by atoms with van der Waals surface area (Å²) in [5.74, 6) is 0.845. The van der Waals surface area contributed by atoms with E-state index in [2.05, 4.69) is 36.4 Å². The van der Waals surface area contributed by atoms with Gasteiger partial charge < -0.3 is 9.64 Å². The summed E-state index contributed by atoms with van der Waals surface area (Å²) in [6, 6.07) is 12.9. The lowest BCUT2D eigenvalue weighted by Gasteiger charge is -2.21. The number of amides is 1. The minimum Gasteiger partial charge on any atom is -0.495 e. The first-order chi connectivity index (χ1) is 15.0. The van der Waals surface area contributed by atoms with Crippen molar-refractivity contribution in [2.75, 3.05) is 26.0 Å². The molecule has 1 amide bonds. The number of carbonyl (C=O) groups excluding carboxylic acids is 1. The lowest BCUT2D eigenvalue weighted by Crippen LogP contribution is -2.34. The number of aromatic nitrogens is 2. The average Bonchev–Trinajstić information content (AvgIpc) is 2.78. The lowest BCUT2D eigenvalue weighted by atomic mass is 10.2. The Balaban J connectivity index is 2.08. The molecule has 0 atom stereocenters. The van der Waals surface area contributed by atoms with Crippen molar-refractivity contribution in [1.29, 1.82) is 0 Å². The number of nitrogens with zero attached hydrogens (tertiary/aromatic N) is 3. The molecular weight excluding hydrogens is 525 g/mol. The third kappa shape index (κ3) is 5.41. The van der Waals surface area contributed by atoms with Crippen LogP contribution in [0.3, 0.4) is 0 Å².